The summed E-state index contributed by atoms with van der Waals surface area (Å²) in [5, 5.41) is 14.4. The third-order valence-electron chi connectivity index (χ3n) is 3.44. The molecule has 1 saturated carbocycles. The number of hydrogen-bond donors (Lipinski definition) is 1. The van der Waals surface area contributed by atoms with Crippen molar-refractivity contribution in [1.29, 1.82) is 0 Å². The molecule has 0 aliphatic heterocycles. The van der Waals surface area contributed by atoms with Gasteiger partial charge in [-0.2, -0.15) is 0 Å². The van der Waals surface area contributed by atoms with Crippen molar-refractivity contribution >= 4 is 5.69 Å². The highest BCUT2D eigenvalue weighted by Crippen LogP contribution is 2.27. The second-order valence-electron chi connectivity index (χ2n) is 4.69. The Bertz CT molecular complexity index is 400. The van der Waals surface area contributed by atoms with Gasteiger partial charge in [0.2, 0.25) is 0 Å². The van der Waals surface area contributed by atoms with Crippen LogP contribution in [-0.4, -0.2) is 11.0 Å². The van der Waals surface area contributed by atoms with Gasteiger partial charge in [-0.15, -0.1) is 0 Å². The van der Waals surface area contributed by atoms with Crippen molar-refractivity contribution in [3.63, 3.8) is 0 Å². The van der Waals surface area contributed by atoms with Gasteiger partial charge in [0.25, 0.3) is 5.69 Å². The Morgan fingerprint density at radius 1 is 1.35 bits per heavy atom. The Balaban J connectivity index is 2.12. The third-order valence-corrected chi connectivity index (χ3v) is 3.44. The molecule has 1 fully saturated rings. The molecule has 1 N–H and O–H groups in total. The van der Waals surface area contributed by atoms with Gasteiger partial charge in [0.1, 0.15) is 0 Å². The average Bonchev–Trinajstić information content (AvgIpc) is 2.81. The number of nitrogens with zero attached hydrogens (tertiary/aromatic N) is 1. The standard InChI is InChI=1S/C13H18N2O2/c1-10(14-11-6-2-3-7-11)12-8-4-5-9-13(12)15(16)17/h4-5,8-11,14H,2-3,6-7H2,1H3. The highest BCUT2D eigenvalue weighted by molar-refractivity contribution is 5.41. The summed E-state index contributed by atoms with van der Waals surface area (Å²) in [5.41, 5.74) is 0.995. The molecule has 0 heterocycles. The third kappa shape index (κ3) is 2.82. The molecule has 0 saturated heterocycles. The van der Waals surface area contributed by atoms with Crippen molar-refractivity contribution in [2.75, 3.05) is 0 Å². The Hall–Kier alpha value is -1.42. The largest absolute Gasteiger partial charge is 0.307 e. The molecule has 92 valence electrons. The van der Waals surface area contributed by atoms with E-state index < -0.39 is 0 Å². The van der Waals surface area contributed by atoms with E-state index in [0.717, 1.165) is 5.56 Å². The van der Waals surface area contributed by atoms with Gasteiger partial charge in [0, 0.05) is 23.7 Å². The van der Waals surface area contributed by atoms with Gasteiger partial charge in [-0.3, -0.25) is 10.1 Å². The van der Waals surface area contributed by atoms with Gasteiger partial charge in [0.05, 0.1) is 4.92 Å². The normalized spacial score (nSPS) is 18.2. The molecular weight excluding hydrogens is 216 g/mol. The summed E-state index contributed by atoms with van der Waals surface area (Å²) in [4.78, 5) is 10.6. The Labute approximate surface area is 101 Å². The van der Waals surface area contributed by atoms with Crippen LogP contribution in [0.15, 0.2) is 24.3 Å². The van der Waals surface area contributed by atoms with Crippen LogP contribution < -0.4 is 5.32 Å². The van der Waals surface area contributed by atoms with Crippen LogP contribution >= 0.6 is 0 Å². The zero-order valence-electron chi connectivity index (χ0n) is 10.1. The van der Waals surface area contributed by atoms with Gasteiger partial charge >= 0.3 is 0 Å². The average molecular weight is 234 g/mol. The van der Waals surface area contributed by atoms with Crippen LogP contribution in [0.2, 0.25) is 0 Å². The minimum absolute atomic E-state index is 0.0414. The van der Waals surface area contributed by atoms with E-state index in [2.05, 4.69) is 5.32 Å². The Kier molecular flexibility index (Phi) is 3.74. The van der Waals surface area contributed by atoms with Gasteiger partial charge in [-0.05, 0) is 19.8 Å². The zero-order valence-corrected chi connectivity index (χ0v) is 10.1. The van der Waals surface area contributed by atoms with E-state index in [-0.39, 0.29) is 16.7 Å². The summed E-state index contributed by atoms with van der Waals surface area (Å²) in [6.45, 7) is 2.00. The first-order chi connectivity index (χ1) is 8.18. The van der Waals surface area contributed by atoms with Crippen LogP contribution in [0.5, 0.6) is 0 Å². The quantitative estimate of drug-likeness (QED) is 0.643. The molecule has 2 rings (SSSR count). The number of rotatable bonds is 4. The molecule has 1 aromatic carbocycles. The lowest BCUT2D eigenvalue weighted by Crippen LogP contribution is -2.29. The predicted octanol–water partition coefficient (Wildman–Crippen LogP) is 3.19. The van der Waals surface area contributed by atoms with Crippen molar-refractivity contribution in [2.45, 2.75) is 44.7 Å². The molecule has 0 spiro atoms. The van der Waals surface area contributed by atoms with Crippen LogP contribution in [0, 0.1) is 10.1 Å². The topological polar surface area (TPSA) is 55.2 Å². The molecular formula is C13H18N2O2. The molecule has 0 amide bonds. The first-order valence-electron chi connectivity index (χ1n) is 6.18. The maximum atomic E-state index is 10.9. The second kappa shape index (κ2) is 5.27. The maximum absolute atomic E-state index is 10.9. The van der Waals surface area contributed by atoms with E-state index in [1.54, 1.807) is 12.1 Å². The van der Waals surface area contributed by atoms with Crippen LogP contribution in [0.4, 0.5) is 5.69 Å². The highest BCUT2D eigenvalue weighted by Gasteiger charge is 2.22. The monoisotopic (exact) mass is 234 g/mol. The van der Waals surface area contributed by atoms with Crippen molar-refractivity contribution in [1.82, 2.24) is 5.32 Å². The van der Waals surface area contributed by atoms with Crippen LogP contribution in [0.1, 0.15) is 44.2 Å². The van der Waals surface area contributed by atoms with Crippen molar-refractivity contribution in [2.24, 2.45) is 0 Å². The van der Waals surface area contributed by atoms with Crippen LogP contribution in [0.25, 0.3) is 0 Å². The van der Waals surface area contributed by atoms with E-state index in [1.807, 2.05) is 19.1 Å². The molecule has 1 aliphatic rings. The smallest absolute Gasteiger partial charge is 0.274 e. The summed E-state index contributed by atoms with van der Waals surface area (Å²) in [6, 6.07) is 7.54. The molecule has 0 bridgehead atoms. The number of nitro benzene ring substituents is 1. The van der Waals surface area contributed by atoms with E-state index in [4.69, 9.17) is 0 Å². The van der Waals surface area contributed by atoms with Gasteiger partial charge < -0.3 is 5.32 Å². The molecule has 0 aromatic heterocycles. The number of benzene rings is 1. The minimum atomic E-state index is -0.303. The maximum Gasteiger partial charge on any atom is 0.274 e. The lowest BCUT2D eigenvalue weighted by molar-refractivity contribution is -0.385. The fraction of sp³-hybridized carbons (Fsp3) is 0.538. The summed E-state index contributed by atoms with van der Waals surface area (Å²) in [5.74, 6) is 0. The first kappa shape index (κ1) is 12.0. The molecule has 1 aliphatic carbocycles. The van der Waals surface area contributed by atoms with Gasteiger partial charge in [0.15, 0.2) is 0 Å². The van der Waals surface area contributed by atoms with Crippen LogP contribution in [0.3, 0.4) is 0 Å². The fourth-order valence-corrected chi connectivity index (χ4v) is 2.56. The molecule has 1 unspecified atom stereocenters. The van der Waals surface area contributed by atoms with Gasteiger partial charge in [-0.25, -0.2) is 0 Å². The van der Waals surface area contributed by atoms with Crippen molar-refractivity contribution in [3.8, 4) is 0 Å². The number of nitrogens with one attached hydrogen (secondary N) is 1. The van der Waals surface area contributed by atoms with Crippen molar-refractivity contribution < 1.29 is 4.92 Å². The van der Waals surface area contributed by atoms with Crippen molar-refractivity contribution in [3.05, 3.63) is 39.9 Å². The molecule has 4 heteroatoms. The summed E-state index contributed by atoms with van der Waals surface area (Å²) in [7, 11) is 0. The Morgan fingerprint density at radius 3 is 2.65 bits per heavy atom. The van der Waals surface area contributed by atoms with Gasteiger partial charge in [-0.1, -0.05) is 31.0 Å². The minimum Gasteiger partial charge on any atom is -0.307 e. The zero-order chi connectivity index (χ0) is 12.3. The lowest BCUT2D eigenvalue weighted by atomic mass is 10.0. The Morgan fingerprint density at radius 2 is 2.00 bits per heavy atom. The summed E-state index contributed by atoms with van der Waals surface area (Å²) in [6.07, 6.45) is 4.90. The summed E-state index contributed by atoms with van der Waals surface area (Å²) >= 11 is 0. The highest BCUT2D eigenvalue weighted by atomic mass is 16.6. The molecule has 0 radical (unpaired) electrons. The molecule has 4 nitrogen and oxygen atoms in total. The summed E-state index contributed by atoms with van der Waals surface area (Å²) < 4.78 is 0. The first-order valence-corrected chi connectivity index (χ1v) is 6.18. The van der Waals surface area contributed by atoms with E-state index in [1.165, 1.54) is 25.7 Å². The fourth-order valence-electron chi connectivity index (χ4n) is 2.56. The molecule has 1 atom stereocenters. The van der Waals surface area contributed by atoms with E-state index in [0.29, 0.717) is 6.04 Å². The van der Waals surface area contributed by atoms with Crippen LogP contribution in [-0.2, 0) is 0 Å². The number of nitro groups is 1. The van der Waals surface area contributed by atoms with E-state index >= 15 is 0 Å². The predicted molar refractivity (Wildman–Crippen MR) is 66.9 cm³/mol. The lowest BCUT2D eigenvalue weighted by Gasteiger charge is -2.19. The molecule has 1 aromatic rings. The number of hydrogen-bond acceptors (Lipinski definition) is 3. The second-order valence-corrected chi connectivity index (χ2v) is 4.69. The molecule has 17 heavy (non-hydrogen) atoms. The SMILES string of the molecule is CC(NC1CCCC1)c1ccccc1[N+](=O)[O-]. The van der Waals surface area contributed by atoms with E-state index in [9.17, 15) is 10.1 Å². The number of para-hydroxylation sites is 1.